The van der Waals surface area contributed by atoms with E-state index in [0.29, 0.717) is 11.3 Å². The Morgan fingerprint density at radius 1 is 1.06 bits per heavy atom. The molecule has 0 bridgehead atoms. The normalized spacial score (nSPS) is 11.3. The summed E-state index contributed by atoms with van der Waals surface area (Å²) in [4.78, 5) is 13.3. The molecule has 0 fully saturated rings. The molecule has 4 rings (SSSR count). The fraction of sp³-hybridized carbons (Fsp3) is 0. The van der Waals surface area contributed by atoms with Gasteiger partial charge < -0.3 is 15.9 Å². The topological polar surface area (TPSA) is 128 Å². The molecule has 0 saturated heterocycles. The van der Waals surface area contributed by atoms with Crippen LogP contribution in [0.15, 0.2) is 82.4 Å². The van der Waals surface area contributed by atoms with Gasteiger partial charge in [-0.25, -0.2) is 9.24 Å². The number of nitrogens with two attached hydrogens (primary N) is 2. The first-order chi connectivity index (χ1) is 15.0. The fourth-order valence-electron chi connectivity index (χ4n) is 3.05. The van der Waals surface area contributed by atoms with Crippen molar-refractivity contribution in [3.63, 3.8) is 0 Å². The zero-order valence-electron chi connectivity index (χ0n) is 16.1. The molecule has 0 spiro atoms. The van der Waals surface area contributed by atoms with Gasteiger partial charge in [0, 0.05) is 17.2 Å². The molecule has 0 aliphatic heterocycles. The number of carbonyl (C=O) groups is 1. The van der Waals surface area contributed by atoms with Crippen molar-refractivity contribution in [3.8, 4) is 17.3 Å². The maximum atomic E-state index is 13.3. The monoisotopic (exact) mass is 428 g/mol. The van der Waals surface area contributed by atoms with Gasteiger partial charge >= 0.3 is 0 Å². The zero-order chi connectivity index (χ0) is 22.0. The van der Waals surface area contributed by atoms with Crippen molar-refractivity contribution < 1.29 is 9.21 Å². The lowest BCUT2D eigenvalue weighted by molar-refractivity contribution is 0.0959. The number of hydrogen-bond acceptors (Lipinski definition) is 7. The lowest BCUT2D eigenvalue weighted by Crippen LogP contribution is -2.15. The van der Waals surface area contributed by atoms with E-state index in [-0.39, 0.29) is 33.4 Å². The lowest BCUT2D eigenvalue weighted by atomic mass is 10.1. The maximum Gasteiger partial charge on any atom is 0.264 e. The molecular formula is C22H16N6O2S. The van der Waals surface area contributed by atoms with Gasteiger partial charge in [0.1, 0.15) is 11.6 Å². The quantitative estimate of drug-likeness (QED) is 0.482. The maximum absolute atomic E-state index is 13.3. The number of hydrogen-bond donors (Lipinski definition) is 2. The third-order valence-electron chi connectivity index (χ3n) is 4.49. The molecule has 0 atom stereocenters. The number of imidazole rings is 1. The second kappa shape index (κ2) is 8.14. The van der Waals surface area contributed by atoms with Gasteiger partial charge in [0.05, 0.1) is 17.6 Å². The van der Waals surface area contributed by atoms with Gasteiger partial charge in [0.25, 0.3) is 11.5 Å². The van der Waals surface area contributed by atoms with Crippen LogP contribution in [0, 0.1) is 16.1 Å². The number of rotatable bonds is 3. The smallest absolute Gasteiger partial charge is 0.264 e. The van der Waals surface area contributed by atoms with Gasteiger partial charge in [0.2, 0.25) is 4.77 Å². The molecule has 0 aliphatic rings. The number of nitrogens with zero attached hydrogens (tertiary/aromatic N) is 4. The summed E-state index contributed by atoms with van der Waals surface area (Å²) in [5.41, 5.74) is 13.3. The summed E-state index contributed by atoms with van der Waals surface area (Å²) in [5, 5.41) is 13.7. The van der Waals surface area contributed by atoms with Crippen LogP contribution in [-0.2, 0) is 0 Å². The molecule has 31 heavy (non-hydrogen) atoms. The van der Waals surface area contributed by atoms with E-state index in [2.05, 4.69) is 5.10 Å². The molecule has 8 nitrogen and oxygen atoms in total. The summed E-state index contributed by atoms with van der Waals surface area (Å²) in [6, 6.07) is 21.3. The first kappa shape index (κ1) is 19.9. The highest BCUT2D eigenvalue weighted by Gasteiger charge is 2.18. The van der Waals surface area contributed by atoms with Crippen molar-refractivity contribution in [1.82, 2.24) is 9.24 Å². The molecule has 0 saturated carbocycles. The van der Waals surface area contributed by atoms with E-state index < -0.39 is 0 Å². The standard InChI is InChI=1S/C22H16N6O2S/c23-12-16-17(24)11-19(25)30-20(16)26-27-13-18(14-7-3-1-4-8-14)28(22(27)31)21(29)15-9-5-2-6-10-15/h1-11,13H,24-25H2/b26-20+. The predicted molar refractivity (Wildman–Crippen MR) is 118 cm³/mol. The summed E-state index contributed by atoms with van der Waals surface area (Å²) in [6.45, 7) is 0. The third-order valence-corrected chi connectivity index (χ3v) is 4.86. The molecule has 4 aromatic rings. The summed E-state index contributed by atoms with van der Waals surface area (Å²) in [5.74, 6) is -0.326. The highest BCUT2D eigenvalue weighted by Crippen LogP contribution is 2.22. The highest BCUT2D eigenvalue weighted by molar-refractivity contribution is 7.71. The Morgan fingerprint density at radius 3 is 2.35 bits per heavy atom. The Bertz CT molecular complexity index is 1440. The van der Waals surface area contributed by atoms with Crippen LogP contribution in [-0.4, -0.2) is 15.2 Å². The summed E-state index contributed by atoms with van der Waals surface area (Å²) in [7, 11) is 0. The van der Waals surface area contributed by atoms with Crippen LogP contribution < -0.4 is 17.0 Å². The van der Waals surface area contributed by atoms with Crippen molar-refractivity contribution in [3.05, 3.63) is 94.4 Å². The van der Waals surface area contributed by atoms with Crippen LogP contribution in [0.5, 0.6) is 0 Å². The molecule has 0 radical (unpaired) electrons. The van der Waals surface area contributed by atoms with E-state index in [4.69, 9.17) is 28.1 Å². The summed E-state index contributed by atoms with van der Waals surface area (Å²) >= 11 is 5.56. The first-order valence-electron chi connectivity index (χ1n) is 9.13. The number of carbonyl (C=O) groups excluding carboxylic acids is 1. The van der Waals surface area contributed by atoms with Crippen molar-refractivity contribution in [2.75, 3.05) is 11.5 Å². The molecule has 0 amide bonds. The van der Waals surface area contributed by atoms with Gasteiger partial charge in [-0.3, -0.25) is 4.79 Å². The highest BCUT2D eigenvalue weighted by atomic mass is 32.1. The molecule has 9 heteroatoms. The van der Waals surface area contributed by atoms with Crippen molar-refractivity contribution in [1.29, 1.82) is 5.26 Å². The molecule has 0 aliphatic carbocycles. The van der Waals surface area contributed by atoms with Crippen LogP contribution >= 0.6 is 12.2 Å². The Hall–Kier alpha value is -4.42. The average Bonchev–Trinajstić information content (AvgIpc) is 3.10. The predicted octanol–water partition coefficient (Wildman–Crippen LogP) is 3.37. The summed E-state index contributed by atoms with van der Waals surface area (Å²) in [6.07, 6.45) is 1.59. The second-order valence-electron chi connectivity index (χ2n) is 6.51. The molecular weight excluding hydrogens is 412 g/mol. The molecule has 2 aromatic heterocycles. The number of nitriles is 1. The first-order valence-corrected chi connectivity index (χ1v) is 9.54. The number of nitrogen functional groups attached to an aromatic ring is 2. The third kappa shape index (κ3) is 3.75. The van der Waals surface area contributed by atoms with Crippen LogP contribution in [0.2, 0.25) is 0 Å². The largest absolute Gasteiger partial charge is 0.420 e. The molecule has 152 valence electrons. The van der Waals surface area contributed by atoms with E-state index in [9.17, 15) is 10.1 Å². The number of aromatic nitrogens is 2. The van der Waals surface area contributed by atoms with Crippen molar-refractivity contribution in [2.45, 2.75) is 0 Å². The van der Waals surface area contributed by atoms with Crippen LogP contribution in [0.3, 0.4) is 0 Å². The van der Waals surface area contributed by atoms with E-state index in [1.54, 1.807) is 30.5 Å². The Morgan fingerprint density at radius 2 is 1.71 bits per heavy atom. The number of benzene rings is 2. The fourth-order valence-corrected chi connectivity index (χ4v) is 3.32. The van der Waals surface area contributed by atoms with Crippen molar-refractivity contribution in [2.24, 2.45) is 5.10 Å². The van der Waals surface area contributed by atoms with E-state index in [1.165, 1.54) is 15.3 Å². The molecule has 4 N–H and O–H groups in total. The van der Waals surface area contributed by atoms with Gasteiger partial charge in [0.15, 0.2) is 5.88 Å². The zero-order valence-corrected chi connectivity index (χ0v) is 16.9. The Balaban J connectivity index is 1.99. The van der Waals surface area contributed by atoms with Gasteiger partial charge in [-0.1, -0.05) is 48.5 Å². The van der Waals surface area contributed by atoms with E-state index >= 15 is 0 Å². The molecule has 2 heterocycles. The Labute approximate surface area is 181 Å². The molecule has 2 aromatic carbocycles. The minimum atomic E-state index is -0.317. The minimum Gasteiger partial charge on any atom is -0.420 e. The molecule has 0 unspecified atom stereocenters. The van der Waals surface area contributed by atoms with E-state index in [0.717, 1.165) is 5.56 Å². The van der Waals surface area contributed by atoms with Crippen molar-refractivity contribution >= 4 is 29.7 Å². The SMILES string of the molecule is N#Cc1c(N)cc(N)o/c1=N/n1cc(-c2ccccc2)n(C(=O)c2ccccc2)c1=S. The van der Waals surface area contributed by atoms with Gasteiger partial charge in [-0.15, -0.1) is 5.10 Å². The van der Waals surface area contributed by atoms with Crippen LogP contribution in [0.4, 0.5) is 11.6 Å². The van der Waals surface area contributed by atoms with Crippen LogP contribution in [0.1, 0.15) is 15.9 Å². The lowest BCUT2D eigenvalue weighted by Gasteiger charge is -2.07. The Kier molecular flexibility index (Phi) is 5.22. The van der Waals surface area contributed by atoms with Crippen LogP contribution in [0.25, 0.3) is 11.3 Å². The second-order valence-corrected chi connectivity index (χ2v) is 6.88. The number of anilines is 2. The average molecular weight is 428 g/mol. The summed E-state index contributed by atoms with van der Waals surface area (Å²) < 4.78 is 8.15. The van der Waals surface area contributed by atoms with Gasteiger partial charge in [-0.2, -0.15) is 5.26 Å². The minimum absolute atomic E-state index is 0.00940. The van der Waals surface area contributed by atoms with Gasteiger partial charge in [-0.05, 0) is 24.4 Å². The van der Waals surface area contributed by atoms with E-state index in [1.807, 2.05) is 42.5 Å².